The van der Waals surface area contributed by atoms with Gasteiger partial charge in [-0.3, -0.25) is 4.79 Å². The van der Waals surface area contributed by atoms with Crippen LogP contribution < -0.4 is 5.32 Å². The number of aromatic nitrogens is 2. The maximum atomic E-state index is 11.9. The number of nitrogens with zero attached hydrogens (tertiary/aromatic N) is 3. The number of hydrogen-bond acceptors (Lipinski definition) is 4. The fourth-order valence-corrected chi connectivity index (χ4v) is 2.48. The van der Waals surface area contributed by atoms with E-state index in [1.165, 1.54) is 12.8 Å². The lowest BCUT2D eigenvalue weighted by Gasteiger charge is -2.18. The number of carbonyl (C=O) groups excluding carboxylic acids is 1. The molecular weight excluding hydrogens is 320 g/mol. The van der Waals surface area contributed by atoms with Crippen molar-refractivity contribution in [3.05, 3.63) is 16.5 Å². The van der Waals surface area contributed by atoms with E-state index < -0.39 is 0 Å². The molecule has 1 saturated carbocycles. The normalized spacial score (nSPS) is 14.2. The van der Waals surface area contributed by atoms with Crippen molar-refractivity contribution in [2.75, 3.05) is 25.0 Å². The second-order valence-electron chi connectivity index (χ2n) is 4.95. The summed E-state index contributed by atoms with van der Waals surface area (Å²) >= 11 is 3.41. The number of halogens is 1. The van der Waals surface area contributed by atoms with Crippen LogP contribution in [0.15, 0.2) is 10.7 Å². The molecule has 2 rings (SSSR count). The topological polar surface area (TPSA) is 58.1 Å². The van der Waals surface area contributed by atoms with Crippen molar-refractivity contribution in [1.82, 2.24) is 14.9 Å². The van der Waals surface area contributed by atoms with Gasteiger partial charge >= 0.3 is 0 Å². The van der Waals surface area contributed by atoms with Crippen molar-refractivity contribution in [3.63, 3.8) is 0 Å². The summed E-state index contributed by atoms with van der Waals surface area (Å²) in [4.78, 5) is 22.6. The molecule has 1 aliphatic rings. The molecule has 0 aromatic carbocycles. The molecule has 1 aromatic heterocycles. The van der Waals surface area contributed by atoms with Gasteiger partial charge in [-0.2, -0.15) is 0 Å². The van der Waals surface area contributed by atoms with Gasteiger partial charge in [0, 0.05) is 38.0 Å². The van der Waals surface area contributed by atoms with Crippen LogP contribution in [0.3, 0.4) is 0 Å². The second kappa shape index (κ2) is 7.02. The summed E-state index contributed by atoms with van der Waals surface area (Å²) in [5, 5.41) is 3.21. The summed E-state index contributed by atoms with van der Waals surface area (Å²) in [5.41, 5.74) is 0. The molecule has 1 aromatic rings. The summed E-state index contributed by atoms with van der Waals surface area (Å²) in [6, 6.07) is 1.85. The standard InChI is InChI=1S/C14H21BrN4O/c1-3-19(4-2)13(20)7-8-16-12-9-11(15)17-14(18-12)10-5-6-10/h9-10H,3-8H2,1-2H3,(H,16,17,18). The Balaban J connectivity index is 1.86. The summed E-state index contributed by atoms with van der Waals surface area (Å²) < 4.78 is 0.798. The molecule has 1 fully saturated rings. The summed E-state index contributed by atoms with van der Waals surface area (Å²) in [5.74, 6) is 2.39. The van der Waals surface area contributed by atoms with Crippen LogP contribution in [0.2, 0.25) is 0 Å². The maximum Gasteiger partial charge on any atom is 0.224 e. The third kappa shape index (κ3) is 4.16. The highest BCUT2D eigenvalue weighted by Crippen LogP contribution is 2.38. The van der Waals surface area contributed by atoms with Crippen LogP contribution >= 0.6 is 15.9 Å². The zero-order valence-corrected chi connectivity index (χ0v) is 13.6. The highest BCUT2D eigenvalue weighted by molar-refractivity contribution is 9.10. The highest BCUT2D eigenvalue weighted by Gasteiger charge is 2.27. The molecule has 1 N–H and O–H groups in total. The fraction of sp³-hybridized carbons (Fsp3) is 0.643. The van der Waals surface area contributed by atoms with Gasteiger partial charge in [0.2, 0.25) is 5.91 Å². The first-order valence-electron chi connectivity index (χ1n) is 7.20. The Bertz CT molecular complexity index is 472. The van der Waals surface area contributed by atoms with Gasteiger partial charge in [0.1, 0.15) is 16.2 Å². The van der Waals surface area contributed by atoms with Crippen LogP contribution in [0.1, 0.15) is 44.9 Å². The van der Waals surface area contributed by atoms with Crippen LogP contribution in [0.25, 0.3) is 0 Å². The van der Waals surface area contributed by atoms with E-state index in [4.69, 9.17) is 0 Å². The van der Waals surface area contributed by atoms with Gasteiger partial charge in [-0.05, 0) is 42.6 Å². The third-order valence-corrected chi connectivity index (χ3v) is 3.82. The largest absolute Gasteiger partial charge is 0.369 e. The Morgan fingerprint density at radius 1 is 1.40 bits per heavy atom. The first-order valence-corrected chi connectivity index (χ1v) is 7.99. The van der Waals surface area contributed by atoms with E-state index in [1.54, 1.807) is 0 Å². The first-order chi connectivity index (χ1) is 9.63. The second-order valence-corrected chi connectivity index (χ2v) is 5.76. The number of rotatable bonds is 7. The van der Waals surface area contributed by atoms with Crippen molar-refractivity contribution in [2.24, 2.45) is 0 Å². The Morgan fingerprint density at radius 2 is 2.10 bits per heavy atom. The van der Waals surface area contributed by atoms with Crippen molar-refractivity contribution >= 4 is 27.7 Å². The maximum absolute atomic E-state index is 11.9. The zero-order valence-electron chi connectivity index (χ0n) is 12.0. The summed E-state index contributed by atoms with van der Waals surface area (Å²) in [6.07, 6.45) is 2.84. The number of hydrogen-bond donors (Lipinski definition) is 1. The summed E-state index contributed by atoms with van der Waals surface area (Å²) in [6.45, 7) is 6.12. The SMILES string of the molecule is CCN(CC)C(=O)CCNc1cc(Br)nc(C2CC2)n1. The minimum absolute atomic E-state index is 0.179. The first kappa shape index (κ1) is 15.2. The average molecular weight is 341 g/mol. The van der Waals surface area contributed by atoms with Crippen molar-refractivity contribution in [3.8, 4) is 0 Å². The predicted octanol–water partition coefficient (Wildman–Crippen LogP) is 2.79. The zero-order chi connectivity index (χ0) is 14.5. The van der Waals surface area contributed by atoms with E-state index in [9.17, 15) is 4.79 Å². The van der Waals surface area contributed by atoms with Gasteiger partial charge in [-0.1, -0.05) is 0 Å². The molecule has 0 unspecified atom stereocenters. The lowest BCUT2D eigenvalue weighted by molar-refractivity contribution is -0.130. The van der Waals surface area contributed by atoms with E-state index in [-0.39, 0.29) is 5.91 Å². The molecular formula is C14H21BrN4O. The van der Waals surface area contributed by atoms with E-state index in [0.717, 1.165) is 29.3 Å². The quantitative estimate of drug-likeness (QED) is 0.775. The number of nitrogens with one attached hydrogen (secondary N) is 1. The Hall–Kier alpha value is -1.17. The van der Waals surface area contributed by atoms with E-state index in [1.807, 2.05) is 24.8 Å². The molecule has 1 heterocycles. The summed E-state index contributed by atoms with van der Waals surface area (Å²) in [7, 11) is 0. The molecule has 0 radical (unpaired) electrons. The fourth-order valence-electron chi connectivity index (χ4n) is 2.08. The van der Waals surface area contributed by atoms with Crippen molar-refractivity contribution in [2.45, 2.75) is 39.0 Å². The molecule has 5 nitrogen and oxygen atoms in total. The molecule has 0 atom stereocenters. The van der Waals surface area contributed by atoms with Crippen LogP contribution in [-0.4, -0.2) is 40.4 Å². The molecule has 1 amide bonds. The van der Waals surface area contributed by atoms with Gasteiger partial charge in [0.05, 0.1) is 0 Å². The Kier molecular flexibility index (Phi) is 5.34. The van der Waals surface area contributed by atoms with Gasteiger partial charge in [-0.25, -0.2) is 9.97 Å². The molecule has 0 bridgehead atoms. The molecule has 0 spiro atoms. The van der Waals surface area contributed by atoms with Crippen molar-refractivity contribution in [1.29, 1.82) is 0 Å². The number of amides is 1. The van der Waals surface area contributed by atoms with Crippen LogP contribution in [0, 0.1) is 0 Å². The van der Waals surface area contributed by atoms with E-state index in [2.05, 4.69) is 31.2 Å². The van der Waals surface area contributed by atoms with Gasteiger partial charge < -0.3 is 10.2 Å². The minimum Gasteiger partial charge on any atom is -0.369 e. The molecule has 6 heteroatoms. The monoisotopic (exact) mass is 340 g/mol. The molecule has 0 aliphatic heterocycles. The van der Waals surface area contributed by atoms with Crippen LogP contribution in [0.4, 0.5) is 5.82 Å². The molecule has 110 valence electrons. The van der Waals surface area contributed by atoms with Crippen molar-refractivity contribution < 1.29 is 4.79 Å². The number of anilines is 1. The lowest BCUT2D eigenvalue weighted by atomic mass is 10.3. The Morgan fingerprint density at radius 3 is 2.70 bits per heavy atom. The highest BCUT2D eigenvalue weighted by atomic mass is 79.9. The van der Waals surface area contributed by atoms with Crippen LogP contribution in [0.5, 0.6) is 0 Å². The average Bonchev–Trinajstić information content (AvgIpc) is 3.24. The molecule has 1 aliphatic carbocycles. The smallest absolute Gasteiger partial charge is 0.224 e. The van der Waals surface area contributed by atoms with Gasteiger partial charge in [0.25, 0.3) is 0 Å². The molecule has 20 heavy (non-hydrogen) atoms. The number of carbonyl (C=O) groups is 1. The van der Waals surface area contributed by atoms with E-state index in [0.29, 0.717) is 18.9 Å². The lowest BCUT2D eigenvalue weighted by Crippen LogP contribution is -2.31. The van der Waals surface area contributed by atoms with Gasteiger partial charge in [0.15, 0.2) is 0 Å². The molecule has 0 saturated heterocycles. The van der Waals surface area contributed by atoms with Gasteiger partial charge in [-0.15, -0.1) is 0 Å². The third-order valence-electron chi connectivity index (χ3n) is 3.42. The van der Waals surface area contributed by atoms with Crippen LogP contribution in [-0.2, 0) is 4.79 Å². The minimum atomic E-state index is 0.179. The predicted molar refractivity (Wildman–Crippen MR) is 82.7 cm³/mol. The van der Waals surface area contributed by atoms with E-state index >= 15 is 0 Å². The Labute approximate surface area is 128 Å².